The number of nitrogens with zero attached hydrogens (tertiary/aromatic N) is 2. The second-order valence-electron chi connectivity index (χ2n) is 7.50. The van der Waals surface area contributed by atoms with Crippen molar-refractivity contribution >= 4 is 23.3 Å². The predicted octanol–water partition coefficient (Wildman–Crippen LogP) is 5.60. The van der Waals surface area contributed by atoms with Gasteiger partial charge < -0.3 is 9.55 Å². The van der Waals surface area contributed by atoms with Gasteiger partial charge in [-0.2, -0.15) is 0 Å². The van der Waals surface area contributed by atoms with E-state index >= 15 is 0 Å². The van der Waals surface area contributed by atoms with Crippen LogP contribution in [0.25, 0.3) is 11.0 Å². The van der Waals surface area contributed by atoms with E-state index in [1.807, 2.05) is 0 Å². The summed E-state index contributed by atoms with van der Waals surface area (Å²) >= 11 is 5.54. The Morgan fingerprint density at radius 2 is 2.08 bits per heavy atom. The van der Waals surface area contributed by atoms with Gasteiger partial charge in [0.05, 0.1) is 11.0 Å². The molecule has 2 heterocycles. The van der Waals surface area contributed by atoms with E-state index in [0.29, 0.717) is 6.04 Å². The lowest BCUT2D eigenvalue weighted by molar-refractivity contribution is 0.210. The van der Waals surface area contributed by atoms with Gasteiger partial charge in [0.15, 0.2) is 4.77 Å². The van der Waals surface area contributed by atoms with Crippen LogP contribution in [0.4, 0.5) is 0 Å². The van der Waals surface area contributed by atoms with Crippen LogP contribution in [0.3, 0.4) is 0 Å². The van der Waals surface area contributed by atoms with Crippen molar-refractivity contribution < 1.29 is 0 Å². The number of benzene rings is 1. The van der Waals surface area contributed by atoms with E-state index < -0.39 is 0 Å². The Bertz CT molecular complexity index is 865. The van der Waals surface area contributed by atoms with Crippen LogP contribution in [-0.4, -0.2) is 27.0 Å². The van der Waals surface area contributed by atoms with Crippen LogP contribution in [0.1, 0.15) is 46.1 Å². The van der Waals surface area contributed by atoms with E-state index in [9.17, 15) is 0 Å². The van der Waals surface area contributed by atoms with Crippen LogP contribution >= 0.6 is 12.2 Å². The molecule has 0 amide bonds. The summed E-state index contributed by atoms with van der Waals surface area (Å²) in [4.78, 5) is 5.90. The quantitative estimate of drug-likeness (QED) is 0.558. The third kappa shape index (κ3) is 4.13. The zero-order valence-electron chi connectivity index (χ0n) is 15.8. The molecule has 0 bridgehead atoms. The summed E-state index contributed by atoms with van der Waals surface area (Å²) in [6.45, 7) is 11.8. The van der Waals surface area contributed by atoms with Gasteiger partial charge >= 0.3 is 0 Å². The Balaban J connectivity index is 1.76. The molecule has 4 heteroatoms. The van der Waals surface area contributed by atoms with Gasteiger partial charge in [-0.1, -0.05) is 35.4 Å². The van der Waals surface area contributed by atoms with E-state index in [2.05, 4.69) is 72.5 Å². The molecule has 0 radical (unpaired) electrons. The molecule has 0 spiro atoms. The minimum Gasteiger partial charge on any atom is -0.331 e. The number of allylic oxidation sites excluding steroid dienone is 3. The summed E-state index contributed by atoms with van der Waals surface area (Å²) in [6.07, 6.45) is 7.01. The van der Waals surface area contributed by atoms with Crippen molar-refractivity contribution in [2.45, 2.75) is 59.7 Å². The smallest absolute Gasteiger partial charge is 0.178 e. The van der Waals surface area contributed by atoms with E-state index in [-0.39, 0.29) is 0 Å². The van der Waals surface area contributed by atoms with Crippen LogP contribution in [0.5, 0.6) is 0 Å². The number of nitrogens with one attached hydrogen (secondary N) is 1. The summed E-state index contributed by atoms with van der Waals surface area (Å²) in [5.74, 6) is 0. The maximum atomic E-state index is 5.54. The molecule has 0 saturated carbocycles. The fourth-order valence-electron chi connectivity index (χ4n) is 3.56. The molecule has 134 valence electrons. The summed E-state index contributed by atoms with van der Waals surface area (Å²) < 4.78 is 3.11. The van der Waals surface area contributed by atoms with Crippen LogP contribution in [0.15, 0.2) is 41.5 Å². The highest BCUT2D eigenvalue weighted by Crippen LogP contribution is 2.25. The van der Waals surface area contributed by atoms with Gasteiger partial charge in [0.2, 0.25) is 0 Å². The first kappa shape index (κ1) is 18.2. The standard InChI is InChI=1S/C21H29N3S/c1-15(2)7-5-8-16(3)11-12-23-14-18-9-6-10-19-20(18)24(13-17(23)4)21(25)22-19/h6-7,9-11,17H,5,8,12-14H2,1-4H3,(H,22,25)/b16-11+. The van der Waals surface area contributed by atoms with Crippen molar-refractivity contribution in [2.24, 2.45) is 0 Å². The SMILES string of the molecule is CC(C)=CCC/C(C)=C/CN1Cc2cccc3[nH]c(=S)n(c23)CC1C. The fraction of sp³-hybridized carbons (Fsp3) is 0.476. The Morgan fingerprint density at radius 3 is 2.84 bits per heavy atom. The summed E-state index contributed by atoms with van der Waals surface area (Å²) in [7, 11) is 0. The van der Waals surface area contributed by atoms with E-state index in [1.54, 1.807) is 0 Å². The third-order valence-electron chi connectivity index (χ3n) is 5.09. The van der Waals surface area contributed by atoms with Crippen molar-refractivity contribution in [3.8, 4) is 0 Å². The number of H-pyrrole nitrogens is 1. The number of aromatic nitrogens is 2. The molecule has 1 unspecified atom stereocenters. The molecule has 1 N–H and O–H groups in total. The van der Waals surface area contributed by atoms with Gasteiger partial charge in [0.25, 0.3) is 0 Å². The van der Waals surface area contributed by atoms with E-state index in [1.165, 1.54) is 22.2 Å². The molecule has 1 aromatic heterocycles. The minimum atomic E-state index is 0.458. The number of hydrogen-bond acceptors (Lipinski definition) is 2. The molecule has 0 aliphatic carbocycles. The maximum Gasteiger partial charge on any atom is 0.178 e. The lowest BCUT2D eigenvalue weighted by atomic mass is 10.1. The molecule has 1 aliphatic rings. The number of hydrogen-bond donors (Lipinski definition) is 1. The third-order valence-corrected chi connectivity index (χ3v) is 5.41. The van der Waals surface area contributed by atoms with Crippen LogP contribution in [-0.2, 0) is 13.1 Å². The van der Waals surface area contributed by atoms with Gasteiger partial charge in [-0.05, 0) is 64.4 Å². The fourth-order valence-corrected chi connectivity index (χ4v) is 3.84. The number of imidazole rings is 1. The second kappa shape index (κ2) is 7.71. The average molecular weight is 356 g/mol. The Hall–Kier alpha value is -1.65. The number of para-hydroxylation sites is 1. The number of aromatic amines is 1. The van der Waals surface area contributed by atoms with Crippen molar-refractivity contribution in [3.05, 3.63) is 51.8 Å². The van der Waals surface area contributed by atoms with Crippen molar-refractivity contribution in [2.75, 3.05) is 6.54 Å². The zero-order valence-corrected chi connectivity index (χ0v) is 16.6. The lowest BCUT2D eigenvalue weighted by Gasteiger charge is -2.26. The van der Waals surface area contributed by atoms with Crippen molar-refractivity contribution in [3.63, 3.8) is 0 Å². The predicted molar refractivity (Wildman–Crippen MR) is 109 cm³/mol. The molecule has 3 nitrogen and oxygen atoms in total. The zero-order chi connectivity index (χ0) is 18.0. The molecule has 25 heavy (non-hydrogen) atoms. The molecule has 1 atom stereocenters. The van der Waals surface area contributed by atoms with Gasteiger partial charge in [0, 0.05) is 25.7 Å². The highest BCUT2D eigenvalue weighted by molar-refractivity contribution is 7.71. The van der Waals surface area contributed by atoms with E-state index in [0.717, 1.165) is 42.8 Å². The topological polar surface area (TPSA) is 24.0 Å². The monoisotopic (exact) mass is 355 g/mol. The Morgan fingerprint density at radius 1 is 1.28 bits per heavy atom. The first-order valence-electron chi connectivity index (χ1n) is 9.19. The van der Waals surface area contributed by atoms with Gasteiger partial charge in [-0.15, -0.1) is 0 Å². The molecular formula is C21H29N3S. The number of rotatable bonds is 5. The van der Waals surface area contributed by atoms with Crippen LogP contribution in [0.2, 0.25) is 0 Å². The van der Waals surface area contributed by atoms with Crippen molar-refractivity contribution in [1.82, 2.24) is 14.5 Å². The van der Waals surface area contributed by atoms with Crippen LogP contribution < -0.4 is 0 Å². The Labute approximate surface area is 156 Å². The van der Waals surface area contributed by atoms with Crippen molar-refractivity contribution in [1.29, 1.82) is 0 Å². The summed E-state index contributed by atoms with van der Waals surface area (Å²) in [6, 6.07) is 6.94. The maximum absolute atomic E-state index is 5.54. The molecule has 1 aliphatic heterocycles. The van der Waals surface area contributed by atoms with Crippen LogP contribution in [0, 0.1) is 4.77 Å². The normalized spacial score (nSPS) is 18.4. The average Bonchev–Trinajstić information content (AvgIpc) is 2.78. The first-order valence-corrected chi connectivity index (χ1v) is 9.60. The van der Waals surface area contributed by atoms with Gasteiger partial charge in [0.1, 0.15) is 0 Å². The summed E-state index contributed by atoms with van der Waals surface area (Å²) in [5, 5.41) is 0. The molecule has 2 aromatic rings. The first-order chi connectivity index (χ1) is 12.0. The molecule has 3 rings (SSSR count). The minimum absolute atomic E-state index is 0.458. The molecule has 0 fully saturated rings. The van der Waals surface area contributed by atoms with Gasteiger partial charge in [-0.3, -0.25) is 4.90 Å². The van der Waals surface area contributed by atoms with E-state index in [4.69, 9.17) is 12.2 Å². The lowest BCUT2D eigenvalue weighted by Crippen LogP contribution is -2.34. The van der Waals surface area contributed by atoms with Gasteiger partial charge in [-0.25, -0.2) is 0 Å². The molecule has 1 aromatic carbocycles. The highest BCUT2D eigenvalue weighted by atomic mass is 32.1. The highest BCUT2D eigenvalue weighted by Gasteiger charge is 2.22. The molecular weight excluding hydrogens is 326 g/mol. The second-order valence-corrected chi connectivity index (χ2v) is 7.89. The largest absolute Gasteiger partial charge is 0.331 e. The summed E-state index contributed by atoms with van der Waals surface area (Å²) in [5.41, 5.74) is 6.69. The Kier molecular flexibility index (Phi) is 5.60. The molecule has 0 saturated heterocycles.